The maximum Gasteiger partial charge on any atom is 0.481 e. The van der Waals surface area contributed by atoms with E-state index in [1.807, 2.05) is 0 Å². The standard InChI is InChI=1S/C3H12N2O7P2/c4-1-3(5)2-11-14(9,10)12-13(6,7)8/h3H,1-2,4-5H2,(H,9,10)(H2,6,7,8). The summed E-state index contributed by atoms with van der Waals surface area (Å²) in [6.45, 7) is -0.444. The second-order valence-electron chi connectivity index (χ2n) is 2.33. The van der Waals surface area contributed by atoms with Gasteiger partial charge in [-0.3, -0.25) is 4.52 Å². The number of phosphoric acid groups is 2. The van der Waals surface area contributed by atoms with Crippen molar-refractivity contribution in [2.24, 2.45) is 11.5 Å². The van der Waals surface area contributed by atoms with E-state index < -0.39 is 28.3 Å². The smallest absolute Gasteiger partial charge is 0.329 e. The normalized spacial score (nSPS) is 18.9. The minimum atomic E-state index is -5.07. The van der Waals surface area contributed by atoms with Gasteiger partial charge in [0.05, 0.1) is 6.61 Å². The Bertz CT molecular complexity index is 264. The van der Waals surface area contributed by atoms with Crippen molar-refractivity contribution in [2.45, 2.75) is 6.04 Å². The zero-order valence-electron chi connectivity index (χ0n) is 7.02. The summed E-state index contributed by atoms with van der Waals surface area (Å²) in [5, 5.41) is 0. The first-order chi connectivity index (χ1) is 6.16. The van der Waals surface area contributed by atoms with Gasteiger partial charge in [0.15, 0.2) is 0 Å². The molecule has 0 fully saturated rings. The molecule has 0 heterocycles. The quantitative estimate of drug-likeness (QED) is 0.352. The van der Waals surface area contributed by atoms with E-state index in [0.29, 0.717) is 0 Å². The number of phosphoric ester groups is 1. The molecule has 0 aliphatic rings. The molecule has 0 aromatic rings. The van der Waals surface area contributed by atoms with E-state index in [-0.39, 0.29) is 6.54 Å². The van der Waals surface area contributed by atoms with Crippen molar-refractivity contribution in [2.75, 3.05) is 13.2 Å². The Labute approximate surface area is 79.9 Å². The zero-order valence-corrected chi connectivity index (χ0v) is 8.80. The van der Waals surface area contributed by atoms with E-state index in [1.54, 1.807) is 0 Å². The molecule has 0 saturated carbocycles. The van der Waals surface area contributed by atoms with Gasteiger partial charge in [0.25, 0.3) is 0 Å². The average molecular weight is 250 g/mol. The summed E-state index contributed by atoms with van der Waals surface area (Å²) in [4.78, 5) is 25.1. The lowest BCUT2D eigenvalue weighted by atomic mass is 10.3. The van der Waals surface area contributed by atoms with Crippen molar-refractivity contribution in [1.29, 1.82) is 0 Å². The molecule has 0 spiro atoms. The lowest BCUT2D eigenvalue weighted by Gasteiger charge is -2.14. The van der Waals surface area contributed by atoms with Crippen LogP contribution in [0.5, 0.6) is 0 Å². The molecule has 0 aliphatic heterocycles. The zero-order chi connectivity index (χ0) is 11.4. The van der Waals surface area contributed by atoms with Crippen molar-refractivity contribution in [1.82, 2.24) is 0 Å². The van der Waals surface area contributed by atoms with Gasteiger partial charge >= 0.3 is 15.6 Å². The average Bonchev–Trinajstić information content (AvgIpc) is 1.96. The topological polar surface area (TPSA) is 165 Å². The van der Waals surface area contributed by atoms with Gasteiger partial charge in [-0.1, -0.05) is 0 Å². The Hall–Kier alpha value is 0.180. The summed E-state index contributed by atoms with van der Waals surface area (Å²) >= 11 is 0. The summed E-state index contributed by atoms with van der Waals surface area (Å²) in [6, 6.07) is -0.712. The third-order valence-electron chi connectivity index (χ3n) is 0.964. The van der Waals surface area contributed by atoms with Crippen molar-refractivity contribution in [3.63, 3.8) is 0 Å². The molecule has 0 saturated heterocycles. The van der Waals surface area contributed by atoms with Crippen LogP contribution in [-0.2, 0) is 18.0 Å². The molecule has 86 valence electrons. The Morgan fingerprint density at radius 1 is 1.29 bits per heavy atom. The van der Waals surface area contributed by atoms with Gasteiger partial charge in [0, 0.05) is 12.6 Å². The van der Waals surface area contributed by atoms with E-state index >= 15 is 0 Å². The third-order valence-corrected chi connectivity index (χ3v) is 3.12. The molecule has 11 heteroatoms. The lowest BCUT2D eigenvalue weighted by molar-refractivity contribution is 0.171. The van der Waals surface area contributed by atoms with Gasteiger partial charge in [-0.15, -0.1) is 0 Å². The summed E-state index contributed by atoms with van der Waals surface area (Å²) in [5.41, 5.74) is 10.3. The lowest BCUT2D eigenvalue weighted by Crippen LogP contribution is -2.33. The van der Waals surface area contributed by atoms with Gasteiger partial charge in [0.2, 0.25) is 0 Å². The number of hydrogen-bond acceptors (Lipinski definition) is 6. The first-order valence-corrected chi connectivity index (χ1v) is 6.39. The van der Waals surface area contributed by atoms with Crippen LogP contribution in [0.15, 0.2) is 0 Å². The minimum Gasteiger partial charge on any atom is -0.329 e. The fraction of sp³-hybridized carbons (Fsp3) is 1.00. The molecular formula is C3H12N2O7P2. The molecule has 2 atom stereocenters. The Balaban J connectivity index is 4.09. The van der Waals surface area contributed by atoms with Gasteiger partial charge < -0.3 is 26.1 Å². The Morgan fingerprint density at radius 3 is 2.14 bits per heavy atom. The van der Waals surface area contributed by atoms with E-state index in [1.165, 1.54) is 0 Å². The van der Waals surface area contributed by atoms with Crippen LogP contribution in [0.4, 0.5) is 0 Å². The van der Waals surface area contributed by atoms with Crippen LogP contribution in [0.3, 0.4) is 0 Å². The van der Waals surface area contributed by atoms with E-state index in [9.17, 15) is 9.13 Å². The number of hydrogen-bond donors (Lipinski definition) is 5. The molecular weight excluding hydrogens is 238 g/mol. The van der Waals surface area contributed by atoms with Crippen molar-refractivity contribution >= 4 is 15.6 Å². The fourth-order valence-corrected chi connectivity index (χ4v) is 2.06. The first kappa shape index (κ1) is 14.2. The van der Waals surface area contributed by atoms with Crippen LogP contribution in [0.1, 0.15) is 0 Å². The molecule has 0 rings (SSSR count). The highest BCUT2D eigenvalue weighted by Gasteiger charge is 2.32. The second kappa shape index (κ2) is 5.32. The van der Waals surface area contributed by atoms with E-state index in [4.69, 9.17) is 26.1 Å². The Morgan fingerprint density at radius 2 is 1.79 bits per heavy atom. The predicted molar refractivity (Wildman–Crippen MR) is 45.9 cm³/mol. The molecule has 0 aromatic heterocycles. The summed E-state index contributed by atoms with van der Waals surface area (Å²) in [6.07, 6.45) is 0. The van der Waals surface area contributed by atoms with Crippen molar-refractivity contribution in [3.8, 4) is 0 Å². The molecule has 0 aromatic carbocycles. The second-order valence-corrected chi connectivity index (χ2v) is 5.16. The third kappa shape index (κ3) is 7.57. The predicted octanol–water partition coefficient (Wildman–Crippen LogP) is -1.50. The van der Waals surface area contributed by atoms with Crippen molar-refractivity contribution < 1.29 is 32.6 Å². The molecule has 0 aliphatic carbocycles. The molecule has 7 N–H and O–H groups in total. The summed E-state index contributed by atoms with van der Waals surface area (Å²) in [7, 11) is -9.85. The summed E-state index contributed by atoms with van der Waals surface area (Å²) < 4.78 is 28.6. The molecule has 0 bridgehead atoms. The maximum absolute atomic E-state index is 10.8. The Kier molecular flexibility index (Phi) is 5.38. The van der Waals surface area contributed by atoms with Crippen LogP contribution in [0, 0.1) is 0 Å². The van der Waals surface area contributed by atoms with Gasteiger partial charge in [-0.2, -0.15) is 4.31 Å². The maximum atomic E-state index is 10.8. The fourth-order valence-electron chi connectivity index (χ4n) is 0.416. The number of nitrogens with two attached hydrogens (primary N) is 2. The van der Waals surface area contributed by atoms with Crippen molar-refractivity contribution in [3.05, 3.63) is 0 Å². The highest BCUT2D eigenvalue weighted by molar-refractivity contribution is 7.60. The molecule has 0 amide bonds. The molecule has 0 radical (unpaired) electrons. The largest absolute Gasteiger partial charge is 0.481 e. The van der Waals surface area contributed by atoms with Crippen LogP contribution in [-0.4, -0.2) is 33.9 Å². The monoisotopic (exact) mass is 250 g/mol. The molecule has 14 heavy (non-hydrogen) atoms. The van der Waals surface area contributed by atoms with Crippen LogP contribution < -0.4 is 11.5 Å². The van der Waals surface area contributed by atoms with Gasteiger partial charge in [-0.05, 0) is 0 Å². The van der Waals surface area contributed by atoms with Gasteiger partial charge in [-0.25, -0.2) is 9.13 Å². The van der Waals surface area contributed by atoms with Gasteiger partial charge in [0.1, 0.15) is 0 Å². The van der Waals surface area contributed by atoms with E-state index in [0.717, 1.165) is 0 Å². The highest BCUT2D eigenvalue weighted by Crippen LogP contribution is 2.57. The SMILES string of the molecule is NCC(N)COP(=O)(O)OP(=O)(O)O. The highest BCUT2D eigenvalue weighted by atomic mass is 31.3. The molecule has 9 nitrogen and oxygen atoms in total. The summed E-state index contributed by atoms with van der Waals surface area (Å²) in [5.74, 6) is 0. The van der Waals surface area contributed by atoms with Crippen LogP contribution >= 0.6 is 15.6 Å². The van der Waals surface area contributed by atoms with Crippen LogP contribution in [0.25, 0.3) is 0 Å². The minimum absolute atomic E-state index is 0.00406. The number of rotatable bonds is 6. The first-order valence-electron chi connectivity index (χ1n) is 3.36. The van der Waals surface area contributed by atoms with Crippen LogP contribution in [0.2, 0.25) is 0 Å². The van der Waals surface area contributed by atoms with E-state index in [2.05, 4.69) is 8.83 Å². The molecule has 2 unspecified atom stereocenters.